The van der Waals surface area contributed by atoms with Crippen molar-refractivity contribution in [3.05, 3.63) is 47.9 Å². The molecule has 2 aromatic rings. The largest absolute Gasteiger partial charge is 0.478 e. The molecular weight excluding hydrogens is 380 g/mol. The van der Waals surface area contributed by atoms with Crippen molar-refractivity contribution in [2.24, 2.45) is 5.92 Å². The molecule has 1 aromatic carbocycles. The summed E-state index contributed by atoms with van der Waals surface area (Å²) < 4.78 is 27.3. The van der Waals surface area contributed by atoms with Crippen LogP contribution in [0.25, 0.3) is 11.3 Å². The Hall–Kier alpha value is -2.36. The van der Waals surface area contributed by atoms with E-state index in [1.807, 2.05) is 6.07 Å². The fraction of sp³-hybridized carbons (Fsp3) is 0.421. The van der Waals surface area contributed by atoms with E-state index in [1.165, 1.54) is 8.61 Å². The summed E-state index contributed by atoms with van der Waals surface area (Å²) in [6, 6.07) is 6.67. The highest BCUT2D eigenvalue weighted by molar-refractivity contribution is 7.86. The van der Waals surface area contributed by atoms with Crippen molar-refractivity contribution in [1.82, 2.24) is 18.6 Å². The van der Waals surface area contributed by atoms with Gasteiger partial charge < -0.3 is 5.11 Å². The second kappa shape index (κ2) is 8.34. The first kappa shape index (κ1) is 20.4. The lowest BCUT2D eigenvalue weighted by molar-refractivity contribution is 0.0697. The molecule has 1 aliphatic heterocycles. The standard InChI is InChI=1S/C19H24N4O4S/c1-22(2)28(26,27)23-10-6-14(7-11-23)12-17-18(21-9-8-20-17)15-4-3-5-16(13-15)19(24)25/h3-5,8-9,13-14H,6-7,10-12H2,1-2H3,(H,24,25). The Morgan fingerprint density at radius 2 is 1.89 bits per heavy atom. The van der Waals surface area contributed by atoms with Crippen LogP contribution >= 0.6 is 0 Å². The van der Waals surface area contributed by atoms with Crippen LogP contribution < -0.4 is 0 Å². The van der Waals surface area contributed by atoms with Crippen LogP contribution in [0.2, 0.25) is 0 Å². The van der Waals surface area contributed by atoms with Crippen molar-refractivity contribution in [3.63, 3.8) is 0 Å². The summed E-state index contributed by atoms with van der Waals surface area (Å²) >= 11 is 0. The second-order valence-electron chi connectivity index (χ2n) is 7.07. The van der Waals surface area contributed by atoms with E-state index in [-0.39, 0.29) is 5.56 Å². The number of aromatic carboxylic acids is 1. The molecule has 8 nitrogen and oxygen atoms in total. The van der Waals surface area contributed by atoms with Crippen LogP contribution in [0.4, 0.5) is 0 Å². The quantitative estimate of drug-likeness (QED) is 0.789. The van der Waals surface area contributed by atoms with Crippen molar-refractivity contribution >= 4 is 16.2 Å². The molecule has 0 bridgehead atoms. The molecule has 1 fully saturated rings. The molecule has 1 aromatic heterocycles. The highest BCUT2D eigenvalue weighted by Crippen LogP contribution is 2.27. The number of nitrogens with zero attached hydrogens (tertiary/aromatic N) is 4. The van der Waals surface area contributed by atoms with Gasteiger partial charge in [-0.3, -0.25) is 9.97 Å². The van der Waals surface area contributed by atoms with E-state index in [0.29, 0.717) is 31.1 Å². The fourth-order valence-corrected chi connectivity index (χ4v) is 4.54. The zero-order chi connectivity index (χ0) is 20.3. The number of benzene rings is 1. The predicted molar refractivity (Wildman–Crippen MR) is 105 cm³/mol. The van der Waals surface area contributed by atoms with E-state index in [9.17, 15) is 18.3 Å². The number of carbonyl (C=O) groups is 1. The second-order valence-corrected chi connectivity index (χ2v) is 9.22. The molecule has 0 aliphatic carbocycles. The zero-order valence-corrected chi connectivity index (χ0v) is 16.8. The van der Waals surface area contributed by atoms with Crippen molar-refractivity contribution in [1.29, 1.82) is 0 Å². The Balaban J connectivity index is 1.75. The Bertz CT molecular complexity index is 954. The van der Waals surface area contributed by atoms with Crippen molar-refractivity contribution in [2.75, 3.05) is 27.2 Å². The maximum Gasteiger partial charge on any atom is 0.335 e. The molecule has 0 amide bonds. The van der Waals surface area contributed by atoms with Crippen molar-refractivity contribution in [3.8, 4) is 11.3 Å². The molecule has 28 heavy (non-hydrogen) atoms. The Morgan fingerprint density at radius 3 is 2.54 bits per heavy atom. The molecule has 1 aliphatic rings. The third-order valence-corrected chi connectivity index (χ3v) is 6.94. The molecule has 150 valence electrons. The highest BCUT2D eigenvalue weighted by atomic mass is 32.2. The first-order valence-corrected chi connectivity index (χ1v) is 10.5. The van der Waals surface area contributed by atoms with Gasteiger partial charge in [-0.05, 0) is 37.3 Å². The lowest BCUT2D eigenvalue weighted by atomic mass is 9.91. The third-order valence-electron chi connectivity index (χ3n) is 5.00. The van der Waals surface area contributed by atoms with Gasteiger partial charge in [0, 0.05) is 45.1 Å². The van der Waals surface area contributed by atoms with E-state index in [4.69, 9.17) is 0 Å². The normalized spacial score (nSPS) is 16.4. The zero-order valence-electron chi connectivity index (χ0n) is 15.9. The summed E-state index contributed by atoms with van der Waals surface area (Å²) in [4.78, 5) is 20.1. The fourth-order valence-electron chi connectivity index (χ4n) is 3.41. The predicted octanol–water partition coefficient (Wildman–Crippen LogP) is 1.90. The smallest absolute Gasteiger partial charge is 0.335 e. The van der Waals surface area contributed by atoms with Gasteiger partial charge in [0.2, 0.25) is 0 Å². The van der Waals surface area contributed by atoms with E-state index in [2.05, 4.69) is 9.97 Å². The summed E-state index contributed by atoms with van der Waals surface area (Å²) in [5.74, 6) is -0.687. The average Bonchev–Trinajstić information content (AvgIpc) is 2.69. The molecule has 2 heterocycles. The summed E-state index contributed by atoms with van der Waals surface area (Å²) in [5, 5.41) is 9.22. The average molecular weight is 404 g/mol. The van der Waals surface area contributed by atoms with Gasteiger partial charge in [-0.1, -0.05) is 12.1 Å². The Labute approximate surface area is 165 Å². The number of aromatic nitrogens is 2. The first-order chi connectivity index (χ1) is 13.3. The van der Waals surface area contributed by atoms with Crippen LogP contribution in [0.1, 0.15) is 28.9 Å². The minimum Gasteiger partial charge on any atom is -0.478 e. The summed E-state index contributed by atoms with van der Waals surface area (Å²) in [7, 11) is -0.297. The van der Waals surface area contributed by atoms with Crippen LogP contribution in [0.5, 0.6) is 0 Å². The Kier molecular flexibility index (Phi) is 6.07. The number of carboxylic acids is 1. The first-order valence-electron chi connectivity index (χ1n) is 9.10. The summed E-state index contributed by atoms with van der Waals surface area (Å²) in [6.07, 6.45) is 5.40. The summed E-state index contributed by atoms with van der Waals surface area (Å²) in [6.45, 7) is 0.963. The molecule has 9 heteroatoms. The number of hydrogen-bond donors (Lipinski definition) is 1. The maximum absolute atomic E-state index is 12.3. The minimum absolute atomic E-state index is 0.205. The monoisotopic (exact) mass is 404 g/mol. The van der Waals surface area contributed by atoms with Gasteiger partial charge in [0.1, 0.15) is 0 Å². The molecule has 3 rings (SSSR count). The van der Waals surface area contributed by atoms with Gasteiger partial charge in [-0.15, -0.1) is 0 Å². The molecule has 1 saturated heterocycles. The lowest BCUT2D eigenvalue weighted by Gasteiger charge is -2.32. The van der Waals surface area contributed by atoms with E-state index in [1.54, 1.807) is 44.7 Å². The van der Waals surface area contributed by atoms with Gasteiger partial charge in [0.15, 0.2) is 0 Å². The van der Waals surface area contributed by atoms with Gasteiger partial charge in [-0.2, -0.15) is 17.0 Å². The van der Waals surface area contributed by atoms with Crippen LogP contribution in [-0.4, -0.2) is 65.3 Å². The van der Waals surface area contributed by atoms with E-state index >= 15 is 0 Å². The number of piperidine rings is 1. The van der Waals surface area contributed by atoms with E-state index < -0.39 is 16.2 Å². The molecular formula is C19H24N4O4S. The summed E-state index contributed by atoms with van der Waals surface area (Å²) in [5.41, 5.74) is 2.40. The van der Waals surface area contributed by atoms with Gasteiger partial charge in [0.25, 0.3) is 10.2 Å². The van der Waals surface area contributed by atoms with Gasteiger partial charge in [0.05, 0.1) is 17.0 Å². The molecule has 1 N–H and O–H groups in total. The van der Waals surface area contributed by atoms with Crippen LogP contribution in [0, 0.1) is 5.92 Å². The van der Waals surface area contributed by atoms with Gasteiger partial charge in [-0.25, -0.2) is 4.79 Å². The topological polar surface area (TPSA) is 104 Å². The lowest BCUT2D eigenvalue weighted by Crippen LogP contribution is -2.44. The Morgan fingerprint density at radius 1 is 1.21 bits per heavy atom. The molecule has 0 radical (unpaired) electrons. The molecule has 0 atom stereocenters. The molecule has 0 unspecified atom stereocenters. The highest BCUT2D eigenvalue weighted by Gasteiger charge is 2.30. The van der Waals surface area contributed by atoms with Crippen molar-refractivity contribution < 1.29 is 18.3 Å². The minimum atomic E-state index is -3.38. The van der Waals surface area contributed by atoms with Gasteiger partial charge >= 0.3 is 5.97 Å². The van der Waals surface area contributed by atoms with Crippen LogP contribution in [0.15, 0.2) is 36.7 Å². The molecule has 0 saturated carbocycles. The third kappa shape index (κ3) is 4.37. The SMILES string of the molecule is CN(C)S(=O)(=O)N1CCC(Cc2nccnc2-c2cccc(C(=O)O)c2)CC1. The van der Waals surface area contributed by atoms with Crippen molar-refractivity contribution in [2.45, 2.75) is 19.3 Å². The molecule has 0 spiro atoms. The van der Waals surface area contributed by atoms with Crippen LogP contribution in [0.3, 0.4) is 0 Å². The van der Waals surface area contributed by atoms with E-state index in [0.717, 1.165) is 24.1 Å². The number of hydrogen-bond acceptors (Lipinski definition) is 5. The number of carboxylic acid groups (broad SMARTS) is 1. The van der Waals surface area contributed by atoms with Crippen LogP contribution in [-0.2, 0) is 16.6 Å². The maximum atomic E-state index is 12.3. The number of rotatable bonds is 6.